The third-order valence-electron chi connectivity index (χ3n) is 9.26. The molecule has 2 aliphatic rings. The standard InChI is InChI=1S/C37H40ClN3O5/c1-25-33(23-41-19-16-37(44,17-20-41)31-12-14-32(38)15-13-31)45-36(46-34(25)28-8-6-27(24-42)7-9-28)29-10-4-26(5-11-29)21-40-35(43)30-3-2-18-39-22-30/h2-15,18,22,25,33-34,36,42,44H,16-17,19-21,23-24H2,1H3,(H,40,43). The van der Waals surface area contributed by atoms with Gasteiger partial charge in [-0.1, -0.05) is 79.2 Å². The zero-order chi connectivity index (χ0) is 32.1. The van der Waals surface area contributed by atoms with E-state index in [2.05, 4.69) is 22.1 Å². The molecule has 6 rings (SSSR count). The zero-order valence-electron chi connectivity index (χ0n) is 25.9. The summed E-state index contributed by atoms with van der Waals surface area (Å²) in [6.45, 7) is 4.73. The maximum Gasteiger partial charge on any atom is 0.253 e. The summed E-state index contributed by atoms with van der Waals surface area (Å²) in [5.74, 6) is -0.123. The Morgan fingerprint density at radius 3 is 2.28 bits per heavy atom. The molecule has 0 spiro atoms. The Morgan fingerprint density at radius 1 is 0.957 bits per heavy atom. The molecule has 240 valence electrons. The maximum absolute atomic E-state index is 12.5. The van der Waals surface area contributed by atoms with Crippen molar-refractivity contribution in [1.29, 1.82) is 0 Å². The van der Waals surface area contributed by atoms with Gasteiger partial charge in [-0.15, -0.1) is 0 Å². The van der Waals surface area contributed by atoms with E-state index in [1.54, 1.807) is 24.5 Å². The van der Waals surface area contributed by atoms with Gasteiger partial charge in [-0.3, -0.25) is 9.78 Å². The van der Waals surface area contributed by atoms with Crippen LogP contribution in [0.25, 0.3) is 0 Å². The van der Waals surface area contributed by atoms with Crippen molar-refractivity contribution in [1.82, 2.24) is 15.2 Å². The fourth-order valence-electron chi connectivity index (χ4n) is 6.31. The summed E-state index contributed by atoms with van der Waals surface area (Å²) in [6, 6.07) is 26.8. The Kier molecular flexibility index (Phi) is 10.1. The molecule has 2 aliphatic heterocycles. The first-order chi connectivity index (χ1) is 22.3. The van der Waals surface area contributed by atoms with Crippen LogP contribution in [0.5, 0.6) is 0 Å². The largest absolute Gasteiger partial charge is 0.392 e. The third-order valence-corrected chi connectivity index (χ3v) is 9.51. The van der Waals surface area contributed by atoms with Crippen LogP contribution in [-0.2, 0) is 28.2 Å². The Bertz CT molecular complexity index is 1580. The van der Waals surface area contributed by atoms with Gasteiger partial charge >= 0.3 is 0 Å². The second kappa shape index (κ2) is 14.4. The van der Waals surface area contributed by atoms with Crippen LogP contribution < -0.4 is 5.32 Å². The number of nitrogens with one attached hydrogen (secondary N) is 1. The highest BCUT2D eigenvalue weighted by molar-refractivity contribution is 6.30. The highest BCUT2D eigenvalue weighted by atomic mass is 35.5. The number of pyridine rings is 1. The van der Waals surface area contributed by atoms with E-state index in [1.165, 1.54) is 0 Å². The molecule has 4 atom stereocenters. The molecule has 3 N–H and O–H groups in total. The van der Waals surface area contributed by atoms with Gasteiger partial charge in [-0.05, 0) is 59.4 Å². The van der Waals surface area contributed by atoms with Gasteiger partial charge in [0.25, 0.3) is 5.91 Å². The van der Waals surface area contributed by atoms with Crippen LogP contribution in [0.3, 0.4) is 0 Å². The monoisotopic (exact) mass is 641 g/mol. The van der Waals surface area contributed by atoms with E-state index in [4.69, 9.17) is 21.1 Å². The van der Waals surface area contributed by atoms with Crippen LogP contribution in [-0.4, -0.2) is 51.7 Å². The predicted molar refractivity (Wildman–Crippen MR) is 176 cm³/mol. The molecule has 4 unspecified atom stereocenters. The quantitative estimate of drug-likeness (QED) is 0.208. The van der Waals surface area contributed by atoms with Crippen molar-refractivity contribution in [3.63, 3.8) is 0 Å². The molecule has 1 aromatic heterocycles. The molecule has 2 fully saturated rings. The summed E-state index contributed by atoms with van der Waals surface area (Å²) < 4.78 is 13.3. The fraction of sp³-hybridized carbons (Fsp3) is 0.351. The number of carbonyl (C=O) groups is 1. The van der Waals surface area contributed by atoms with Gasteiger partial charge in [0.1, 0.15) is 0 Å². The van der Waals surface area contributed by atoms with E-state index in [9.17, 15) is 15.0 Å². The molecule has 0 radical (unpaired) electrons. The SMILES string of the molecule is CC1C(CN2CCC(O)(c3ccc(Cl)cc3)CC2)OC(c2ccc(CNC(=O)c3cccnc3)cc2)OC1c1ccc(CO)cc1. The number of benzene rings is 3. The van der Waals surface area contributed by atoms with Crippen molar-refractivity contribution in [2.45, 2.75) is 57.0 Å². The number of piperidine rings is 1. The second-order valence-electron chi connectivity index (χ2n) is 12.3. The molecule has 2 saturated heterocycles. The number of halogens is 1. The van der Waals surface area contributed by atoms with E-state index in [0.717, 1.165) is 40.9 Å². The number of hydrogen-bond donors (Lipinski definition) is 3. The molecule has 46 heavy (non-hydrogen) atoms. The van der Waals surface area contributed by atoms with Gasteiger partial charge < -0.3 is 29.9 Å². The molecule has 1 amide bonds. The van der Waals surface area contributed by atoms with Gasteiger partial charge in [0.05, 0.1) is 30.0 Å². The molecular weight excluding hydrogens is 602 g/mol. The molecule has 3 aromatic carbocycles. The van der Waals surface area contributed by atoms with Crippen LogP contribution >= 0.6 is 11.6 Å². The molecule has 8 nitrogen and oxygen atoms in total. The molecule has 0 aliphatic carbocycles. The highest BCUT2D eigenvalue weighted by Crippen LogP contribution is 2.42. The van der Waals surface area contributed by atoms with Crippen LogP contribution in [0, 0.1) is 5.92 Å². The number of aliphatic hydroxyl groups is 2. The average Bonchev–Trinajstić information content (AvgIpc) is 3.10. The number of nitrogens with zero attached hydrogens (tertiary/aromatic N) is 2. The summed E-state index contributed by atoms with van der Waals surface area (Å²) in [5, 5.41) is 24.6. The number of carbonyl (C=O) groups excluding carboxylic acids is 1. The average molecular weight is 642 g/mol. The van der Waals surface area contributed by atoms with Crippen LogP contribution in [0.2, 0.25) is 5.02 Å². The van der Waals surface area contributed by atoms with E-state index >= 15 is 0 Å². The van der Waals surface area contributed by atoms with Crippen molar-refractivity contribution in [2.75, 3.05) is 19.6 Å². The van der Waals surface area contributed by atoms with E-state index in [0.29, 0.717) is 36.5 Å². The van der Waals surface area contributed by atoms with Gasteiger partial charge in [0.2, 0.25) is 0 Å². The Balaban J connectivity index is 1.15. The topological polar surface area (TPSA) is 104 Å². The minimum atomic E-state index is -0.873. The number of aliphatic hydroxyl groups excluding tert-OH is 1. The fourth-order valence-corrected chi connectivity index (χ4v) is 6.44. The molecule has 0 bridgehead atoms. The van der Waals surface area contributed by atoms with Gasteiger partial charge in [0.15, 0.2) is 6.29 Å². The number of aromatic nitrogens is 1. The van der Waals surface area contributed by atoms with E-state index in [1.807, 2.05) is 72.8 Å². The van der Waals surface area contributed by atoms with Crippen LogP contribution in [0.15, 0.2) is 97.3 Å². The minimum absolute atomic E-state index is 0.0118. The Labute approximate surface area is 275 Å². The normalized spacial score (nSPS) is 23.1. The summed E-state index contributed by atoms with van der Waals surface area (Å²) in [4.78, 5) is 18.8. The smallest absolute Gasteiger partial charge is 0.253 e. The summed E-state index contributed by atoms with van der Waals surface area (Å²) in [6.07, 6.45) is 3.51. The first-order valence-corrected chi connectivity index (χ1v) is 16.2. The highest BCUT2D eigenvalue weighted by Gasteiger charge is 2.41. The lowest BCUT2D eigenvalue weighted by Gasteiger charge is -2.45. The predicted octanol–water partition coefficient (Wildman–Crippen LogP) is 5.93. The van der Waals surface area contributed by atoms with Gasteiger partial charge in [-0.25, -0.2) is 0 Å². The first-order valence-electron chi connectivity index (χ1n) is 15.8. The number of ether oxygens (including phenoxy) is 2. The summed E-state index contributed by atoms with van der Waals surface area (Å²) in [5.41, 5.74) is 4.29. The Hall–Kier alpha value is -3.63. The second-order valence-corrected chi connectivity index (χ2v) is 12.8. The molecule has 4 aromatic rings. The van der Waals surface area contributed by atoms with Crippen molar-refractivity contribution in [3.05, 3.63) is 136 Å². The molecule has 3 heterocycles. The number of rotatable bonds is 9. The lowest BCUT2D eigenvalue weighted by Crippen LogP contribution is -2.49. The number of amides is 1. The summed E-state index contributed by atoms with van der Waals surface area (Å²) >= 11 is 6.08. The molecule has 0 saturated carbocycles. The lowest BCUT2D eigenvalue weighted by molar-refractivity contribution is -0.277. The molecular formula is C37H40ClN3O5. The minimum Gasteiger partial charge on any atom is -0.392 e. The van der Waals surface area contributed by atoms with Crippen molar-refractivity contribution in [2.24, 2.45) is 5.92 Å². The van der Waals surface area contributed by atoms with E-state index in [-0.39, 0.29) is 30.6 Å². The van der Waals surface area contributed by atoms with Gasteiger partial charge in [-0.2, -0.15) is 0 Å². The third kappa shape index (κ3) is 7.50. The Morgan fingerprint density at radius 2 is 1.63 bits per heavy atom. The number of likely N-dealkylation sites (tertiary alicyclic amines) is 1. The maximum atomic E-state index is 12.5. The van der Waals surface area contributed by atoms with E-state index < -0.39 is 11.9 Å². The van der Waals surface area contributed by atoms with Crippen molar-refractivity contribution in [3.8, 4) is 0 Å². The van der Waals surface area contributed by atoms with Crippen molar-refractivity contribution >= 4 is 17.5 Å². The number of hydrogen-bond acceptors (Lipinski definition) is 7. The van der Waals surface area contributed by atoms with Gasteiger partial charge in [0, 0.05) is 55.1 Å². The van der Waals surface area contributed by atoms with Crippen LogP contribution in [0.1, 0.15) is 70.3 Å². The summed E-state index contributed by atoms with van der Waals surface area (Å²) in [7, 11) is 0. The first kappa shape index (κ1) is 32.3. The zero-order valence-corrected chi connectivity index (χ0v) is 26.6. The van der Waals surface area contributed by atoms with Crippen LogP contribution in [0.4, 0.5) is 0 Å². The molecule has 9 heteroatoms. The lowest BCUT2D eigenvalue weighted by atomic mass is 9.84. The van der Waals surface area contributed by atoms with Crippen molar-refractivity contribution < 1.29 is 24.5 Å².